The van der Waals surface area contributed by atoms with Crippen molar-refractivity contribution >= 4 is 52.0 Å². The van der Waals surface area contributed by atoms with Gasteiger partial charge in [-0.25, -0.2) is 0 Å². The highest BCUT2D eigenvalue weighted by atomic mass is 35.5. The van der Waals surface area contributed by atoms with Crippen molar-refractivity contribution in [2.45, 2.75) is 6.92 Å². The number of hydrogen-bond acceptors (Lipinski definition) is 6. The summed E-state index contributed by atoms with van der Waals surface area (Å²) >= 11 is 7.91. The molecule has 192 valence electrons. The number of fused-ring (bicyclic) bond motifs is 1. The molecular formula is C29H24ClN3O4S. The molecule has 0 fully saturated rings. The van der Waals surface area contributed by atoms with Crippen molar-refractivity contribution < 1.29 is 19.0 Å². The predicted molar refractivity (Wildman–Crippen MR) is 152 cm³/mol. The molecule has 3 aromatic rings. The van der Waals surface area contributed by atoms with Gasteiger partial charge in [-0.15, -0.1) is 0 Å². The number of halogens is 1. The topological polar surface area (TPSA) is 84.2 Å². The molecule has 1 N–H and O–H groups in total. The van der Waals surface area contributed by atoms with Crippen LogP contribution < -0.4 is 14.2 Å². The van der Waals surface area contributed by atoms with E-state index < -0.39 is 5.91 Å². The Morgan fingerprint density at radius 3 is 2.45 bits per heavy atom. The Morgan fingerprint density at radius 1 is 1.00 bits per heavy atom. The number of amides is 1. The SMILES string of the molecule is CCOc1cc(/C=C2/C(=N)N3C(c4ccccc4)=CSC3=NC2=O)cc(Cl)c1OCCOc1ccccc1. The Kier molecular flexibility index (Phi) is 7.81. The summed E-state index contributed by atoms with van der Waals surface area (Å²) in [5, 5.41) is 11.5. The molecule has 9 heteroatoms. The quantitative estimate of drug-likeness (QED) is 0.244. The van der Waals surface area contributed by atoms with Crippen LogP contribution in [0.2, 0.25) is 5.02 Å². The number of carbonyl (C=O) groups is 1. The third-order valence-corrected chi connectivity index (χ3v) is 6.77. The number of nitrogens with zero attached hydrogens (tertiary/aromatic N) is 2. The fourth-order valence-corrected chi connectivity index (χ4v) is 5.14. The number of amidine groups is 2. The summed E-state index contributed by atoms with van der Waals surface area (Å²) in [4.78, 5) is 18.8. The zero-order valence-electron chi connectivity index (χ0n) is 20.5. The van der Waals surface area contributed by atoms with E-state index in [-0.39, 0.29) is 18.0 Å². The van der Waals surface area contributed by atoms with Gasteiger partial charge in [0, 0.05) is 5.41 Å². The monoisotopic (exact) mass is 545 g/mol. The molecule has 0 radical (unpaired) electrons. The van der Waals surface area contributed by atoms with Crippen LogP contribution in [0.1, 0.15) is 18.1 Å². The summed E-state index contributed by atoms with van der Waals surface area (Å²) in [7, 11) is 0. The number of benzene rings is 3. The van der Waals surface area contributed by atoms with Gasteiger partial charge in [0.15, 0.2) is 16.7 Å². The number of hydrogen-bond donors (Lipinski definition) is 1. The lowest BCUT2D eigenvalue weighted by atomic mass is 10.1. The van der Waals surface area contributed by atoms with Gasteiger partial charge in [-0.1, -0.05) is 71.9 Å². The number of aliphatic imine (C=N–C) groups is 1. The van der Waals surface area contributed by atoms with Crippen LogP contribution in [0.3, 0.4) is 0 Å². The summed E-state index contributed by atoms with van der Waals surface area (Å²) in [5.41, 5.74) is 2.48. The minimum Gasteiger partial charge on any atom is -0.490 e. The van der Waals surface area contributed by atoms with Crippen LogP contribution >= 0.6 is 23.4 Å². The second kappa shape index (κ2) is 11.6. The molecular weight excluding hydrogens is 522 g/mol. The van der Waals surface area contributed by atoms with E-state index in [1.807, 2.05) is 73.0 Å². The van der Waals surface area contributed by atoms with Gasteiger partial charge in [0.2, 0.25) is 0 Å². The van der Waals surface area contributed by atoms with Crippen LogP contribution in [0, 0.1) is 5.41 Å². The van der Waals surface area contributed by atoms with Gasteiger partial charge in [0.25, 0.3) is 5.91 Å². The van der Waals surface area contributed by atoms with E-state index in [0.29, 0.717) is 40.5 Å². The van der Waals surface area contributed by atoms with Gasteiger partial charge in [-0.3, -0.25) is 15.1 Å². The number of carbonyl (C=O) groups excluding carboxylic acids is 1. The number of thioether (sulfide) groups is 1. The first-order valence-corrected chi connectivity index (χ1v) is 13.2. The molecule has 5 rings (SSSR count). The van der Waals surface area contributed by atoms with E-state index in [0.717, 1.165) is 17.0 Å². The molecule has 0 aliphatic carbocycles. The van der Waals surface area contributed by atoms with Crippen LogP contribution in [0.4, 0.5) is 0 Å². The molecule has 0 unspecified atom stereocenters. The summed E-state index contributed by atoms with van der Waals surface area (Å²) in [6, 6.07) is 22.6. The fraction of sp³-hybridized carbons (Fsp3) is 0.138. The van der Waals surface area contributed by atoms with Gasteiger partial charge < -0.3 is 14.2 Å². The van der Waals surface area contributed by atoms with Crippen LogP contribution in [0.15, 0.2) is 88.8 Å². The lowest BCUT2D eigenvalue weighted by molar-refractivity contribution is -0.114. The molecule has 0 aromatic heterocycles. The largest absolute Gasteiger partial charge is 0.490 e. The zero-order chi connectivity index (χ0) is 26.5. The highest BCUT2D eigenvalue weighted by molar-refractivity contribution is 8.17. The van der Waals surface area contributed by atoms with Crippen molar-refractivity contribution in [2.75, 3.05) is 19.8 Å². The Balaban J connectivity index is 1.37. The van der Waals surface area contributed by atoms with Crippen LogP contribution in [-0.2, 0) is 4.79 Å². The fourth-order valence-electron chi connectivity index (χ4n) is 3.98. The van der Waals surface area contributed by atoms with E-state index in [9.17, 15) is 4.79 Å². The summed E-state index contributed by atoms with van der Waals surface area (Å²) < 4.78 is 17.4. The van der Waals surface area contributed by atoms with Gasteiger partial charge >= 0.3 is 0 Å². The number of ether oxygens (including phenoxy) is 3. The van der Waals surface area contributed by atoms with E-state index >= 15 is 0 Å². The molecule has 0 saturated carbocycles. The molecule has 2 aliphatic heterocycles. The molecule has 7 nitrogen and oxygen atoms in total. The van der Waals surface area contributed by atoms with Crippen LogP contribution in [0.25, 0.3) is 11.8 Å². The normalized spacial score (nSPS) is 15.7. The Bertz CT molecular complexity index is 1460. The molecule has 0 bridgehead atoms. The van der Waals surface area contributed by atoms with E-state index in [2.05, 4.69) is 4.99 Å². The second-order valence-corrected chi connectivity index (χ2v) is 9.45. The minimum atomic E-state index is -0.482. The molecule has 2 heterocycles. The Labute approximate surface area is 229 Å². The highest BCUT2D eigenvalue weighted by Crippen LogP contribution is 2.39. The zero-order valence-corrected chi connectivity index (χ0v) is 22.1. The highest BCUT2D eigenvalue weighted by Gasteiger charge is 2.36. The van der Waals surface area contributed by atoms with Crippen molar-refractivity contribution in [1.82, 2.24) is 4.90 Å². The summed E-state index contributed by atoms with van der Waals surface area (Å²) in [6.07, 6.45) is 1.60. The summed E-state index contributed by atoms with van der Waals surface area (Å²) in [5.74, 6) is 1.15. The first-order valence-electron chi connectivity index (χ1n) is 12.0. The average molecular weight is 546 g/mol. The van der Waals surface area contributed by atoms with Crippen molar-refractivity contribution in [3.63, 3.8) is 0 Å². The minimum absolute atomic E-state index is 0.0487. The number of para-hydroxylation sites is 1. The van der Waals surface area contributed by atoms with Crippen LogP contribution in [0.5, 0.6) is 17.2 Å². The maximum atomic E-state index is 12.9. The van der Waals surface area contributed by atoms with E-state index in [1.54, 1.807) is 23.1 Å². The predicted octanol–water partition coefficient (Wildman–Crippen LogP) is 6.50. The molecule has 0 atom stereocenters. The number of nitrogens with one attached hydrogen (secondary N) is 1. The molecule has 0 saturated heterocycles. The maximum Gasteiger partial charge on any atom is 0.283 e. The van der Waals surface area contributed by atoms with Gasteiger partial charge in [0.1, 0.15) is 24.8 Å². The Hall–Kier alpha value is -4.01. The van der Waals surface area contributed by atoms with Gasteiger partial charge in [0.05, 0.1) is 22.9 Å². The molecule has 2 aliphatic rings. The van der Waals surface area contributed by atoms with E-state index in [4.69, 9.17) is 31.2 Å². The lowest BCUT2D eigenvalue weighted by Crippen LogP contribution is -2.38. The Morgan fingerprint density at radius 2 is 1.71 bits per heavy atom. The van der Waals surface area contributed by atoms with Crippen molar-refractivity contribution in [3.8, 4) is 17.2 Å². The third kappa shape index (κ3) is 5.46. The molecule has 0 spiro atoms. The number of rotatable bonds is 9. The van der Waals surface area contributed by atoms with Gasteiger partial charge in [-0.05, 0) is 48.4 Å². The first-order chi connectivity index (χ1) is 18.5. The maximum absolute atomic E-state index is 12.9. The van der Waals surface area contributed by atoms with E-state index in [1.165, 1.54) is 11.8 Å². The van der Waals surface area contributed by atoms with Crippen molar-refractivity contribution in [3.05, 3.63) is 99.9 Å². The molecule has 38 heavy (non-hydrogen) atoms. The first kappa shape index (κ1) is 25.6. The second-order valence-electron chi connectivity index (χ2n) is 8.20. The smallest absolute Gasteiger partial charge is 0.283 e. The lowest BCUT2D eigenvalue weighted by Gasteiger charge is -2.27. The average Bonchev–Trinajstić information content (AvgIpc) is 3.35. The molecule has 3 aromatic carbocycles. The summed E-state index contributed by atoms with van der Waals surface area (Å²) in [6.45, 7) is 2.85. The molecule has 1 amide bonds. The standard InChI is InChI=1S/C29H24ClN3O4S/c1-2-35-25-17-19(16-23(30)26(25)37-14-13-36-21-11-7-4-8-12-21)15-22-27(31)33-24(20-9-5-3-6-10-20)18-38-29(33)32-28(22)34/h3-12,15-18,31H,2,13-14H2,1H3/b22-15-,31-27?. The van der Waals surface area contributed by atoms with Crippen molar-refractivity contribution in [2.24, 2.45) is 4.99 Å². The third-order valence-electron chi connectivity index (χ3n) is 5.67. The van der Waals surface area contributed by atoms with Gasteiger partial charge in [-0.2, -0.15) is 4.99 Å². The van der Waals surface area contributed by atoms with Crippen LogP contribution in [-0.4, -0.2) is 41.6 Å². The van der Waals surface area contributed by atoms with Crippen molar-refractivity contribution in [1.29, 1.82) is 5.41 Å².